The Labute approximate surface area is 132 Å². The number of rotatable bonds is 6. The molecule has 0 radical (unpaired) electrons. The Bertz CT molecular complexity index is 616. The van der Waals surface area contributed by atoms with Gasteiger partial charge in [-0.15, -0.1) is 11.8 Å². The minimum atomic E-state index is -0.856. The SMILES string of the molecule is COc1ccc(Cl)cc1CC(Sc1ccccc1)C(=O)O. The molecule has 0 spiro atoms. The van der Waals surface area contributed by atoms with E-state index in [9.17, 15) is 9.90 Å². The van der Waals surface area contributed by atoms with Crippen LogP contribution in [0.15, 0.2) is 53.4 Å². The van der Waals surface area contributed by atoms with E-state index in [2.05, 4.69) is 0 Å². The molecule has 2 aromatic carbocycles. The van der Waals surface area contributed by atoms with Crippen LogP contribution >= 0.6 is 23.4 Å². The molecule has 1 unspecified atom stereocenters. The fraction of sp³-hybridized carbons (Fsp3) is 0.188. The lowest BCUT2D eigenvalue weighted by Gasteiger charge is -2.15. The van der Waals surface area contributed by atoms with Crippen LogP contribution < -0.4 is 4.74 Å². The number of hydrogen-bond donors (Lipinski definition) is 1. The Kier molecular flexibility index (Phi) is 5.53. The fourth-order valence-corrected chi connectivity index (χ4v) is 3.15. The average Bonchev–Trinajstić information content (AvgIpc) is 2.48. The van der Waals surface area contributed by atoms with Crippen molar-refractivity contribution in [2.24, 2.45) is 0 Å². The van der Waals surface area contributed by atoms with Crippen molar-refractivity contribution in [2.75, 3.05) is 7.11 Å². The van der Waals surface area contributed by atoms with Gasteiger partial charge in [-0.3, -0.25) is 4.79 Å². The summed E-state index contributed by atoms with van der Waals surface area (Å²) in [5.41, 5.74) is 0.792. The monoisotopic (exact) mass is 322 g/mol. The van der Waals surface area contributed by atoms with Crippen molar-refractivity contribution in [3.8, 4) is 5.75 Å². The molecule has 0 aliphatic carbocycles. The van der Waals surface area contributed by atoms with Gasteiger partial charge in [0.15, 0.2) is 0 Å². The van der Waals surface area contributed by atoms with Crippen LogP contribution in [0, 0.1) is 0 Å². The fourth-order valence-electron chi connectivity index (χ4n) is 1.95. The summed E-state index contributed by atoms with van der Waals surface area (Å²) in [4.78, 5) is 12.4. The summed E-state index contributed by atoms with van der Waals surface area (Å²) in [6.07, 6.45) is 0.346. The summed E-state index contributed by atoms with van der Waals surface area (Å²) in [6, 6.07) is 14.7. The zero-order chi connectivity index (χ0) is 15.2. The molecule has 0 saturated heterocycles. The molecule has 0 amide bonds. The number of carbonyl (C=O) groups is 1. The summed E-state index contributed by atoms with van der Waals surface area (Å²) in [7, 11) is 1.56. The van der Waals surface area contributed by atoms with Gasteiger partial charge in [-0.1, -0.05) is 29.8 Å². The maximum absolute atomic E-state index is 11.5. The number of thioether (sulfide) groups is 1. The summed E-state index contributed by atoms with van der Waals surface area (Å²) < 4.78 is 5.27. The van der Waals surface area contributed by atoms with Crippen molar-refractivity contribution >= 4 is 29.3 Å². The van der Waals surface area contributed by atoms with E-state index >= 15 is 0 Å². The van der Waals surface area contributed by atoms with Crippen molar-refractivity contribution < 1.29 is 14.6 Å². The van der Waals surface area contributed by atoms with Gasteiger partial charge in [0.05, 0.1) is 7.11 Å². The maximum Gasteiger partial charge on any atom is 0.317 e. The molecule has 1 atom stereocenters. The molecular formula is C16H15ClO3S. The van der Waals surface area contributed by atoms with Crippen molar-refractivity contribution in [3.05, 3.63) is 59.1 Å². The third-order valence-electron chi connectivity index (χ3n) is 2.94. The summed E-state index contributed by atoms with van der Waals surface area (Å²) >= 11 is 7.31. The third kappa shape index (κ3) is 4.41. The molecule has 2 aromatic rings. The van der Waals surface area contributed by atoms with Crippen LogP contribution in [0.4, 0.5) is 0 Å². The molecule has 0 aliphatic heterocycles. The van der Waals surface area contributed by atoms with E-state index in [-0.39, 0.29) is 0 Å². The molecule has 2 rings (SSSR count). The molecule has 0 saturated carbocycles. The molecule has 0 heterocycles. The third-order valence-corrected chi connectivity index (χ3v) is 4.38. The largest absolute Gasteiger partial charge is 0.496 e. The second-order valence-electron chi connectivity index (χ2n) is 4.42. The Morgan fingerprint density at radius 1 is 1.29 bits per heavy atom. The number of aliphatic carboxylic acids is 1. The first-order valence-electron chi connectivity index (χ1n) is 6.37. The lowest BCUT2D eigenvalue weighted by Crippen LogP contribution is -2.19. The average molecular weight is 323 g/mol. The van der Waals surface area contributed by atoms with E-state index in [1.165, 1.54) is 11.8 Å². The van der Waals surface area contributed by atoms with E-state index in [1.807, 2.05) is 30.3 Å². The molecule has 0 bridgehead atoms. The molecule has 1 N–H and O–H groups in total. The number of benzene rings is 2. The number of methoxy groups -OCH3 is 1. The quantitative estimate of drug-likeness (QED) is 0.812. The Balaban J connectivity index is 2.20. The van der Waals surface area contributed by atoms with E-state index in [0.29, 0.717) is 17.2 Å². The Morgan fingerprint density at radius 3 is 2.62 bits per heavy atom. The highest BCUT2D eigenvalue weighted by Gasteiger charge is 2.21. The van der Waals surface area contributed by atoms with Gasteiger partial charge in [-0.25, -0.2) is 0 Å². The van der Waals surface area contributed by atoms with Gasteiger partial charge in [0, 0.05) is 9.92 Å². The first-order chi connectivity index (χ1) is 10.1. The number of carboxylic acid groups (broad SMARTS) is 1. The topological polar surface area (TPSA) is 46.5 Å². The predicted molar refractivity (Wildman–Crippen MR) is 85.4 cm³/mol. The van der Waals surface area contributed by atoms with Crippen molar-refractivity contribution in [2.45, 2.75) is 16.6 Å². The van der Waals surface area contributed by atoms with Gasteiger partial charge >= 0.3 is 5.97 Å². The number of hydrogen-bond acceptors (Lipinski definition) is 3. The van der Waals surface area contributed by atoms with Crippen LogP contribution in [0.25, 0.3) is 0 Å². The zero-order valence-corrected chi connectivity index (χ0v) is 13.0. The second kappa shape index (κ2) is 7.38. The standard InChI is InChI=1S/C16H15ClO3S/c1-20-14-8-7-12(17)9-11(14)10-15(16(18)19)21-13-5-3-2-4-6-13/h2-9,15H,10H2,1H3,(H,18,19). The van der Waals surface area contributed by atoms with Crippen LogP contribution in [0.1, 0.15) is 5.56 Å². The molecule has 0 aliphatic rings. The maximum atomic E-state index is 11.5. The van der Waals surface area contributed by atoms with Gasteiger partial charge in [-0.2, -0.15) is 0 Å². The van der Waals surface area contributed by atoms with Crippen LogP contribution in [-0.4, -0.2) is 23.4 Å². The normalized spacial score (nSPS) is 11.9. The molecule has 0 aromatic heterocycles. The van der Waals surface area contributed by atoms with Gasteiger partial charge in [0.1, 0.15) is 11.0 Å². The summed E-state index contributed by atoms with van der Waals surface area (Å²) in [5.74, 6) is -0.204. The second-order valence-corrected chi connectivity index (χ2v) is 6.13. The van der Waals surface area contributed by atoms with E-state index in [1.54, 1.807) is 25.3 Å². The van der Waals surface area contributed by atoms with Gasteiger partial charge in [0.25, 0.3) is 0 Å². The first kappa shape index (κ1) is 15.7. The van der Waals surface area contributed by atoms with Gasteiger partial charge < -0.3 is 9.84 Å². The van der Waals surface area contributed by atoms with Gasteiger partial charge in [-0.05, 0) is 42.3 Å². The molecule has 5 heteroatoms. The predicted octanol–water partition coefficient (Wildman–Crippen LogP) is 4.14. The van der Waals surface area contributed by atoms with Crippen LogP contribution in [-0.2, 0) is 11.2 Å². The van der Waals surface area contributed by atoms with E-state index in [4.69, 9.17) is 16.3 Å². The van der Waals surface area contributed by atoms with E-state index < -0.39 is 11.2 Å². The number of carboxylic acids is 1. The minimum Gasteiger partial charge on any atom is -0.496 e. The molecule has 21 heavy (non-hydrogen) atoms. The lowest BCUT2D eigenvalue weighted by atomic mass is 10.1. The summed E-state index contributed by atoms with van der Waals surface area (Å²) in [5, 5.41) is 9.41. The van der Waals surface area contributed by atoms with Crippen molar-refractivity contribution in [3.63, 3.8) is 0 Å². The van der Waals surface area contributed by atoms with Crippen LogP contribution in [0.5, 0.6) is 5.75 Å². The zero-order valence-electron chi connectivity index (χ0n) is 11.5. The molecular weight excluding hydrogens is 308 g/mol. The highest BCUT2D eigenvalue weighted by atomic mass is 35.5. The summed E-state index contributed by atoms with van der Waals surface area (Å²) in [6.45, 7) is 0. The van der Waals surface area contributed by atoms with Crippen LogP contribution in [0.3, 0.4) is 0 Å². The Hall–Kier alpha value is -1.65. The first-order valence-corrected chi connectivity index (χ1v) is 7.63. The molecule has 3 nitrogen and oxygen atoms in total. The number of ether oxygens (including phenoxy) is 1. The molecule has 110 valence electrons. The minimum absolute atomic E-state index is 0.346. The van der Waals surface area contributed by atoms with Crippen molar-refractivity contribution in [1.82, 2.24) is 0 Å². The van der Waals surface area contributed by atoms with E-state index in [0.717, 1.165) is 10.5 Å². The van der Waals surface area contributed by atoms with Gasteiger partial charge in [0.2, 0.25) is 0 Å². The molecule has 0 fully saturated rings. The smallest absolute Gasteiger partial charge is 0.317 e. The van der Waals surface area contributed by atoms with Crippen LogP contribution in [0.2, 0.25) is 5.02 Å². The number of halogens is 1. The Morgan fingerprint density at radius 2 is 2.00 bits per heavy atom. The lowest BCUT2D eigenvalue weighted by molar-refractivity contribution is -0.136. The van der Waals surface area contributed by atoms with Crippen molar-refractivity contribution in [1.29, 1.82) is 0 Å². The highest BCUT2D eigenvalue weighted by Crippen LogP contribution is 2.30. The highest BCUT2D eigenvalue weighted by molar-refractivity contribution is 8.00.